The van der Waals surface area contributed by atoms with Crippen molar-refractivity contribution in [3.63, 3.8) is 0 Å². The van der Waals surface area contributed by atoms with Crippen molar-refractivity contribution in [1.29, 1.82) is 0 Å². The Kier molecular flexibility index (Phi) is 11.4. The highest BCUT2D eigenvalue weighted by Crippen LogP contribution is 2.18. The molecule has 2 rings (SSSR count). The fourth-order valence-corrected chi connectivity index (χ4v) is 2.78. The van der Waals surface area contributed by atoms with Gasteiger partial charge in [-0.2, -0.15) is 0 Å². The van der Waals surface area contributed by atoms with E-state index in [0.29, 0.717) is 6.61 Å². The summed E-state index contributed by atoms with van der Waals surface area (Å²) in [5.74, 6) is -0.805. The molecule has 0 aliphatic carbocycles. The van der Waals surface area contributed by atoms with Crippen LogP contribution in [-0.4, -0.2) is 88.3 Å². The predicted octanol–water partition coefficient (Wildman–Crippen LogP) is -0.745. The Morgan fingerprint density at radius 3 is 2.00 bits per heavy atom. The van der Waals surface area contributed by atoms with E-state index in [2.05, 4.69) is 11.4 Å². The van der Waals surface area contributed by atoms with E-state index in [1.54, 1.807) is 14.2 Å². The zero-order valence-corrected chi connectivity index (χ0v) is 17.1. The highest BCUT2D eigenvalue weighted by Gasteiger charge is 2.29. The number of carboxylic acids is 1. The SMILES string of the molecule is CNC[C@H](O)[C@@H](O)[C@H](O)[C@H](O)CO.COCc1ccc2cc(CC(=O)O)ccc2c1. The molecule has 0 aromatic heterocycles. The first kappa shape index (κ1) is 25.9. The molecule has 9 nitrogen and oxygen atoms in total. The van der Waals surface area contributed by atoms with Crippen molar-refractivity contribution >= 4 is 16.7 Å². The molecule has 9 heteroatoms. The zero-order valence-electron chi connectivity index (χ0n) is 17.1. The minimum atomic E-state index is -1.55. The summed E-state index contributed by atoms with van der Waals surface area (Å²) in [5, 5.41) is 58.4. The van der Waals surface area contributed by atoms with Gasteiger partial charge < -0.3 is 40.7 Å². The number of aliphatic hydroxyl groups is 5. The first-order valence-corrected chi connectivity index (χ1v) is 9.43. The second-order valence-corrected chi connectivity index (χ2v) is 6.88. The van der Waals surface area contributed by atoms with E-state index < -0.39 is 37.0 Å². The molecule has 4 atom stereocenters. The minimum absolute atomic E-state index is 0.0652. The van der Waals surface area contributed by atoms with E-state index in [0.717, 1.165) is 21.9 Å². The summed E-state index contributed by atoms with van der Waals surface area (Å²) in [6.45, 7) is 0.0215. The topological polar surface area (TPSA) is 160 Å². The Morgan fingerprint density at radius 1 is 0.967 bits per heavy atom. The molecule has 0 spiro atoms. The predicted molar refractivity (Wildman–Crippen MR) is 111 cm³/mol. The van der Waals surface area contributed by atoms with E-state index in [1.165, 1.54) is 0 Å². The van der Waals surface area contributed by atoms with Crippen LogP contribution in [0.5, 0.6) is 0 Å². The summed E-state index contributed by atoms with van der Waals surface area (Å²) in [4.78, 5) is 10.6. The number of aliphatic carboxylic acids is 1. The molecule has 0 heterocycles. The molecule has 2 aromatic rings. The number of carbonyl (C=O) groups is 1. The summed E-state index contributed by atoms with van der Waals surface area (Å²) in [7, 11) is 3.24. The van der Waals surface area contributed by atoms with E-state index in [4.69, 9.17) is 30.3 Å². The van der Waals surface area contributed by atoms with E-state index in [9.17, 15) is 9.90 Å². The van der Waals surface area contributed by atoms with Crippen LogP contribution in [0.15, 0.2) is 36.4 Å². The molecular formula is C21H31NO8. The van der Waals surface area contributed by atoms with Crippen LogP contribution in [0.2, 0.25) is 0 Å². The number of hydrogen-bond donors (Lipinski definition) is 7. The zero-order chi connectivity index (χ0) is 22.7. The highest BCUT2D eigenvalue weighted by atomic mass is 16.5. The summed E-state index contributed by atoms with van der Waals surface area (Å²) in [6, 6.07) is 11.8. The molecule has 0 aliphatic heterocycles. The number of nitrogens with one attached hydrogen (secondary N) is 1. The molecular weight excluding hydrogens is 394 g/mol. The van der Waals surface area contributed by atoms with E-state index >= 15 is 0 Å². The number of fused-ring (bicyclic) bond motifs is 1. The van der Waals surface area contributed by atoms with Crippen molar-refractivity contribution in [2.24, 2.45) is 0 Å². The number of aliphatic hydroxyl groups excluding tert-OH is 5. The maximum absolute atomic E-state index is 10.6. The molecule has 0 bridgehead atoms. The van der Waals surface area contributed by atoms with Crippen LogP contribution in [0.3, 0.4) is 0 Å². The third-order valence-electron chi connectivity index (χ3n) is 4.37. The molecule has 30 heavy (non-hydrogen) atoms. The summed E-state index contributed by atoms with van der Waals surface area (Å²) in [5.41, 5.74) is 1.94. The van der Waals surface area contributed by atoms with Gasteiger partial charge in [0, 0.05) is 13.7 Å². The van der Waals surface area contributed by atoms with Gasteiger partial charge in [-0.1, -0.05) is 30.3 Å². The van der Waals surface area contributed by atoms with Crippen LogP contribution >= 0.6 is 0 Å². The molecule has 0 saturated carbocycles. The first-order valence-electron chi connectivity index (χ1n) is 9.43. The Morgan fingerprint density at radius 2 is 1.50 bits per heavy atom. The normalized spacial score (nSPS) is 15.0. The van der Waals surface area contributed by atoms with Gasteiger partial charge in [0.15, 0.2) is 0 Å². The van der Waals surface area contributed by atoms with Crippen molar-refractivity contribution in [1.82, 2.24) is 5.32 Å². The quantitative estimate of drug-likeness (QED) is 0.260. The smallest absolute Gasteiger partial charge is 0.307 e. The lowest BCUT2D eigenvalue weighted by Crippen LogP contribution is -2.48. The van der Waals surface area contributed by atoms with Gasteiger partial charge in [0.25, 0.3) is 0 Å². The van der Waals surface area contributed by atoms with Crippen molar-refractivity contribution in [2.45, 2.75) is 37.4 Å². The van der Waals surface area contributed by atoms with Crippen LogP contribution in [0, 0.1) is 0 Å². The number of hydrogen-bond acceptors (Lipinski definition) is 8. The molecule has 0 fully saturated rings. The van der Waals surface area contributed by atoms with Crippen LogP contribution < -0.4 is 5.32 Å². The number of rotatable bonds is 10. The molecule has 0 aliphatic rings. The molecule has 0 radical (unpaired) electrons. The highest BCUT2D eigenvalue weighted by molar-refractivity contribution is 5.84. The minimum Gasteiger partial charge on any atom is -0.481 e. The Bertz CT molecular complexity index is 785. The Labute approximate surface area is 175 Å². The maximum Gasteiger partial charge on any atom is 0.307 e. The van der Waals surface area contributed by atoms with Crippen molar-refractivity contribution in [2.75, 3.05) is 27.3 Å². The number of likely N-dealkylation sites (N-methyl/N-ethyl adjacent to an activating group) is 1. The van der Waals surface area contributed by atoms with Crippen LogP contribution in [0.4, 0.5) is 0 Å². The standard InChI is InChI=1S/C14H14O3.C7H17NO5/c1-17-9-11-3-5-12-6-10(8-14(15)16)2-4-13(12)7-11;1-8-2-4(10)6(12)7(13)5(11)3-9/h2-7H,8-9H2,1H3,(H,15,16);4-13H,2-3H2,1H3/t;4-,5+,6+,7+/m.0/s1. The van der Waals surface area contributed by atoms with Crippen molar-refractivity contribution in [3.8, 4) is 0 Å². The average Bonchev–Trinajstić information content (AvgIpc) is 2.72. The number of ether oxygens (including phenoxy) is 1. The van der Waals surface area contributed by atoms with E-state index in [1.807, 2.05) is 30.3 Å². The molecule has 7 N–H and O–H groups in total. The monoisotopic (exact) mass is 425 g/mol. The Balaban J connectivity index is 0.000000314. The largest absolute Gasteiger partial charge is 0.481 e. The molecule has 2 aromatic carbocycles. The van der Waals surface area contributed by atoms with Crippen LogP contribution in [-0.2, 0) is 22.6 Å². The van der Waals surface area contributed by atoms with Gasteiger partial charge in [-0.3, -0.25) is 4.79 Å². The summed E-state index contributed by atoms with van der Waals surface area (Å²) >= 11 is 0. The van der Waals surface area contributed by atoms with Crippen LogP contribution in [0.1, 0.15) is 11.1 Å². The lowest BCUT2D eigenvalue weighted by molar-refractivity contribution is -0.136. The van der Waals surface area contributed by atoms with Crippen molar-refractivity contribution < 1.29 is 40.2 Å². The molecule has 0 amide bonds. The molecule has 0 unspecified atom stereocenters. The van der Waals surface area contributed by atoms with Gasteiger partial charge in [0.2, 0.25) is 0 Å². The lowest BCUT2D eigenvalue weighted by Gasteiger charge is -2.25. The van der Waals surface area contributed by atoms with Gasteiger partial charge in [0.1, 0.15) is 18.3 Å². The second-order valence-electron chi connectivity index (χ2n) is 6.88. The lowest BCUT2D eigenvalue weighted by atomic mass is 10.0. The Hall–Kier alpha value is -2.11. The second kappa shape index (κ2) is 13.2. The third-order valence-corrected chi connectivity index (χ3v) is 4.37. The fourth-order valence-electron chi connectivity index (χ4n) is 2.78. The third kappa shape index (κ3) is 8.33. The molecule has 168 valence electrons. The first-order chi connectivity index (χ1) is 14.2. The average molecular weight is 425 g/mol. The van der Waals surface area contributed by atoms with Gasteiger partial charge in [-0.25, -0.2) is 0 Å². The van der Waals surface area contributed by atoms with Gasteiger partial charge in [0.05, 0.1) is 25.7 Å². The molecule has 0 saturated heterocycles. The van der Waals surface area contributed by atoms with E-state index in [-0.39, 0.29) is 13.0 Å². The number of benzene rings is 2. The maximum atomic E-state index is 10.6. The van der Waals surface area contributed by atoms with Gasteiger partial charge in [-0.15, -0.1) is 0 Å². The number of carboxylic acid groups (broad SMARTS) is 1. The fraction of sp³-hybridized carbons (Fsp3) is 0.476. The summed E-state index contributed by atoms with van der Waals surface area (Å²) < 4.78 is 5.08. The summed E-state index contributed by atoms with van der Waals surface area (Å²) in [6.07, 6.45) is -5.58. The van der Waals surface area contributed by atoms with Crippen LogP contribution in [0.25, 0.3) is 10.8 Å². The number of methoxy groups -OCH3 is 1. The van der Waals surface area contributed by atoms with Gasteiger partial charge in [-0.05, 0) is 35.0 Å². The van der Waals surface area contributed by atoms with Gasteiger partial charge >= 0.3 is 5.97 Å². The van der Waals surface area contributed by atoms with Crippen molar-refractivity contribution in [3.05, 3.63) is 47.5 Å².